The molecule has 2 rings (SSSR count). The number of halogens is 1. The average molecular weight is 315 g/mol. The van der Waals surface area contributed by atoms with E-state index in [2.05, 4.69) is 9.97 Å². The number of fused-ring (bicyclic) bond motifs is 1. The van der Waals surface area contributed by atoms with Gasteiger partial charge in [0.15, 0.2) is 5.78 Å². The molecule has 6 nitrogen and oxygen atoms in total. The van der Waals surface area contributed by atoms with E-state index in [4.69, 9.17) is 16.7 Å². The highest BCUT2D eigenvalue weighted by Crippen LogP contribution is 2.22. The van der Waals surface area contributed by atoms with Gasteiger partial charge in [-0.3, -0.25) is 9.59 Å². The number of Topliss-reactive ketones (excluding diaryl/α,β-unsaturated/α-hetero) is 1. The third-order valence-electron chi connectivity index (χ3n) is 2.60. The third-order valence-corrected chi connectivity index (χ3v) is 3.87. The topological polar surface area (TPSA) is 103 Å². The first kappa shape index (κ1) is 14.7. The maximum atomic E-state index is 12.0. The minimum atomic E-state index is -0.894. The molecule has 0 radical (unpaired) electrons. The fraction of sp³-hybridized carbons (Fsp3) is 0.250. The Morgan fingerprint density at radius 1 is 1.25 bits per heavy atom. The Bertz CT molecular complexity index is 722. The van der Waals surface area contributed by atoms with Crippen LogP contribution in [0.4, 0.5) is 0 Å². The fourth-order valence-electron chi connectivity index (χ4n) is 1.67. The molecule has 0 saturated carbocycles. The Balaban J connectivity index is 2.11. The zero-order valence-electron chi connectivity index (χ0n) is 10.2. The molecule has 2 aromatic rings. The minimum absolute atomic E-state index is 0.00977. The number of imidazole rings is 1. The Kier molecular flexibility index (Phi) is 4.51. The molecule has 3 N–H and O–H groups in total. The summed E-state index contributed by atoms with van der Waals surface area (Å²) in [6.07, 6.45) is 0.00977. The number of hydrogen-bond donors (Lipinski definition) is 3. The lowest BCUT2D eigenvalue weighted by Gasteiger charge is -2.03. The second-order valence-corrected chi connectivity index (χ2v) is 5.59. The number of carboxylic acids is 1. The quantitative estimate of drug-likeness (QED) is 0.558. The van der Waals surface area contributed by atoms with Crippen molar-refractivity contribution in [1.29, 1.82) is 0 Å². The number of thioether (sulfide) groups is 1. The molecule has 0 saturated heterocycles. The lowest BCUT2D eigenvalue weighted by molar-refractivity contribution is -0.136. The summed E-state index contributed by atoms with van der Waals surface area (Å²) in [5, 5.41) is 8.76. The molecule has 0 spiro atoms. The summed E-state index contributed by atoms with van der Waals surface area (Å²) in [5.41, 5.74) is 1.00. The number of carbonyl (C=O) groups excluding carboxylic acids is 1. The number of rotatable bonds is 6. The van der Waals surface area contributed by atoms with Crippen molar-refractivity contribution in [2.45, 2.75) is 6.42 Å². The molecule has 1 heterocycles. The number of hydrogen-bond acceptors (Lipinski definition) is 4. The molecule has 0 aliphatic carbocycles. The largest absolute Gasteiger partial charge is 0.481 e. The number of H-pyrrole nitrogens is 2. The van der Waals surface area contributed by atoms with Crippen LogP contribution in [0, 0.1) is 0 Å². The molecule has 0 fully saturated rings. The van der Waals surface area contributed by atoms with Crippen LogP contribution in [0.1, 0.15) is 16.8 Å². The molecule has 0 unspecified atom stereocenters. The summed E-state index contributed by atoms with van der Waals surface area (Å²) >= 11 is 7.25. The fourth-order valence-corrected chi connectivity index (χ4v) is 2.74. The zero-order chi connectivity index (χ0) is 14.7. The van der Waals surface area contributed by atoms with Gasteiger partial charge < -0.3 is 15.1 Å². The van der Waals surface area contributed by atoms with E-state index in [9.17, 15) is 14.4 Å². The van der Waals surface area contributed by atoms with Crippen LogP contribution in [-0.2, 0) is 4.79 Å². The van der Waals surface area contributed by atoms with Crippen molar-refractivity contribution in [2.24, 2.45) is 0 Å². The summed E-state index contributed by atoms with van der Waals surface area (Å²) in [6, 6.07) is 3.04. The van der Waals surface area contributed by atoms with Crippen molar-refractivity contribution in [1.82, 2.24) is 9.97 Å². The van der Waals surface area contributed by atoms with E-state index in [1.54, 1.807) is 0 Å². The van der Waals surface area contributed by atoms with Crippen LogP contribution < -0.4 is 5.69 Å². The van der Waals surface area contributed by atoms with Gasteiger partial charge >= 0.3 is 11.7 Å². The van der Waals surface area contributed by atoms with E-state index in [0.29, 0.717) is 22.3 Å². The smallest absolute Gasteiger partial charge is 0.323 e. The summed E-state index contributed by atoms with van der Waals surface area (Å²) < 4.78 is 0. The second kappa shape index (κ2) is 6.15. The van der Waals surface area contributed by atoms with Crippen LogP contribution in [0.3, 0.4) is 0 Å². The van der Waals surface area contributed by atoms with Gasteiger partial charge in [-0.1, -0.05) is 11.6 Å². The molecular weight excluding hydrogens is 304 g/mol. The standard InChI is InChI=1S/C12H11ClN2O4S/c13-7-4-9-8(14-12(19)15-9)3-6(7)10(16)5-20-2-1-11(17)18/h3-4H,1-2,5H2,(H,17,18)(H2,14,15,19). The maximum absolute atomic E-state index is 12.0. The highest BCUT2D eigenvalue weighted by atomic mass is 35.5. The molecule has 0 amide bonds. The Labute approximate surface area is 122 Å². The third kappa shape index (κ3) is 3.43. The molecule has 1 aromatic carbocycles. The van der Waals surface area contributed by atoms with Crippen molar-refractivity contribution in [3.63, 3.8) is 0 Å². The highest BCUT2D eigenvalue weighted by molar-refractivity contribution is 8.00. The van der Waals surface area contributed by atoms with E-state index < -0.39 is 5.97 Å². The van der Waals surface area contributed by atoms with E-state index in [0.717, 1.165) is 0 Å². The molecule has 0 aliphatic heterocycles. The van der Waals surface area contributed by atoms with Crippen molar-refractivity contribution in [3.05, 3.63) is 33.2 Å². The highest BCUT2D eigenvalue weighted by Gasteiger charge is 2.13. The number of aromatic amines is 2. The molecule has 20 heavy (non-hydrogen) atoms. The monoisotopic (exact) mass is 314 g/mol. The van der Waals surface area contributed by atoms with Crippen LogP contribution in [0.15, 0.2) is 16.9 Å². The number of carbonyl (C=O) groups is 2. The molecule has 0 atom stereocenters. The molecular formula is C12H11ClN2O4S. The van der Waals surface area contributed by atoms with Gasteiger partial charge in [0.1, 0.15) is 0 Å². The molecule has 0 bridgehead atoms. The molecule has 0 aliphatic rings. The average Bonchev–Trinajstić information content (AvgIpc) is 2.72. The van der Waals surface area contributed by atoms with E-state index in [1.807, 2.05) is 0 Å². The van der Waals surface area contributed by atoms with Gasteiger partial charge in [0.05, 0.1) is 28.2 Å². The van der Waals surface area contributed by atoms with Crippen molar-refractivity contribution < 1.29 is 14.7 Å². The summed E-state index contributed by atoms with van der Waals surface area (Å²) in [6.45, 7) is 0. The van der Waals surface area contributed by atoms with E-state index in [1.165, 1.54) is 23.9 Å². The van der Waals surface area contributed by atoms with Crippen molar-refractivity contribution in [3.8, 4) is 0 Å². The Morgan fingerprint density at radius 2 is 1.90 bits per heavy atom. The first-order chi connectivity index (χ1) is 9.47. The van der Waals surface area contributed by atoms with Crippen LogP contribution >= 0.6 is 23.4 Å². The second-order valence-electron chi connectivity index (χ2n) is 4.08. The van der Waals surface area contributed by atoms with E-state index in [-0.39, 0.29) is 28.7 Å². The summed E-state index contributed by atoms with van der Waals surface area (Å²) in [5.74, 6) is -0.585. The van der Waals surface area contributed by atoms with Gasteiger partial charge in [-0.05, 0) is 12.1 Å². The number of benzene rings is 1. The Hall–Kier alpha value is -1.73. The van der Waals surface area contributed by atoms with Crippen LogP contribution in [-0.4, -0.2) is 38.3 Å². The number of carboxylic acid groups (broad SMARTS) is 1. The van der Waals surface area contributed by atoms with Gasteiger partial charge in [0, 0.05) is 11.3 Å². The minimum Gasteiger partial charge on any atom is -0.481 e. The zero-order valence-corrected chi connectivity index (χ0v) is 11.8. The number of ketones is 1. The van der Waals surface area contributed by atoms with Gasteiger partial charge in [-0.2, -0.15) is 11.8 Å². The molecule has 1 aromatic heterocycles. The lowest BCUT2D eigenvalue weighted by atomic mass is 10.1. The van der Waals surface area contributed by atoms with Crippen LogP contribution in [0.25, 0.3) is 11.0 Å². The molecule has 8 heteroatoms. The maximum Gasteiger partial charge on any atom is 0.323 e. The summed E-state index contributed by atoms with van der Waals surface area (Å²) in [4.78, 5) is 38.6. The molecule has 106 valence electrons. The summed E-state index contributed by atoms with van der Waals surface area (Å²) in [7, 11) is 0. The van der Waals surface area contributed by atoms with Crippen molar-refractivity contribution >= 4 is 46.1 Å². The van der Waals surface area contributed by atoms with Gasteiger partial charge in [0.25, 0.3) is 0 Å². The number of nitrogens with one attached hydrogen (secondary N) is 2. The number of aromatic nitrogens is 2. The van der Waals surface area contributed by atoms with E-state index >= 15 is 0 Å². The van der Waals surface area contributed by atoms with Crippen LogP contribution in [0.2, 0.25) is 5.02 Å². The predicted molar refractivity (Wildman–Crippen MR) is 77.8 cm³/mol. The normalized spacial score (nSPS) is 10.8. The van der Waals surface area contributed by atoms with Gasteiger partial charge in [-0.15, -0.1) is 0 Å². The van der Waals surface area contributed by atoms with Gasteiger partial charge in [0.2, 0.25) is 0 Å². The predicted octanol–water partition coefficient (Wildman–Crippen LogP) is 1.90. The number of aliphatic carboxylic acids is 1. The van der Waals surface area contributed by atoms with Crippen LogP contribution in [0.5, 0.6) is 0 Å². The van der Waals surface area contributed by atoms with Crippen molar-refractivity contribution in [2.75, 3.05) is 11.5 Å². The SMILES string of the molecule is O=C(O)CCSCC(=O)c1cc2[nH]c(=O)[nH]c2cc1Cl. The first-order valence-corrected chi connectivity index (χ1v) is 7.25. The van der Waals surface area contributed by atoms with Gasteiger partial charge in [-0.25, -0.2) is 4.79 Å². The lowest BCUT2D eigenvalue weighted by Crippen LogP contribution is -2.05. The Morgan fingerprint density at radius 3 is 2.55 bits per heavy atom. The first-order valence-electron chi connectivity index (χ1n) is 5.71.